The van der Waals surface area contributed by atoms with Gasteiger partial charge in [-0.05, 0) is 49.4 Å². The summed E-state index contributed by atoms with van der Waals surface area (Å²) in [5.41, 5.74) is 2.20. The Morgan fingerprint density at radius 2 is 1.94 bits per heavy atom. The Bertz CT molecular complexity index is 1420. The number of nitrogens with zero attached hydrogens (tertiary/aromatic N) is 4. The lowest BCUT2D eigenvalue weighted by Gasteiger charge is -2.24. The molecular formula is C27H26FN5O2. The highest BCUT2D eigenvalue weighted by Crippen LogP contribution is 2.22. The van der Waals surface area contributed by atoms with Crippen LogP contribution < -0.4 is 5.56 Å². The summed E-state index contributed by atoms with van der Waals surface area (Å²) >= 11 is 0. The molecule has 0 spiro atoms. The third-order valence-corrected chi connectivity index (χ3v) is 6.62. The number of aromatic nitrogens is 3. The van der Waals surface area contributed by atoms with Gasteiger partial charge in [0.1, 0.15) is 5.82 Å². The number of fused-ring (bicyclic) bond motifs is 1. The summed E-state index contributed by atoms with van der Waals surface area (Å²) in [6, 6.07) is 17.8. The van der Waals surface area contributed by atoms with Crippen LogP contribution in [0, 0.1) is 5.82 Å². The van der Waals surface area contributed by atoms with E-state index in [4.69, 9.17) is 0 Å². The van der Waals surface area contributed by atoms with E-state index in [1.165, 1.54) is 6.07 Å². The molecule has 8 heteroatoms. The van der Waals surface area contributed by atoms with Crippen LogP contribution in [0.4, 0.5) is 4.39 Å². The largest absolute Gasteiger partial charge is 0.337 e. The Balaban J connectivity index is 1.32. The second kappa shape index (κ2) is 9.76. The Kier molecular flexibility index (Phi) is 6.37. The maximum absolute atomic E-state index is 14.7. The number of hydrogen-bond donors (Lipinski definition) is 1. The first-order valence-electron chi connectivity index (χ1n) is 11.6. The fourth-order valence-corrected chi connectivity index (χ4v) is 4.68. The molecule has 1 saturated heterocycles. The summed E-state index contributed by atoms with van der Waals surface area (Å²) in [6.45, 7) is 1.81. The molecule has 1 fully saturated rings. The van der Waals surface area contributed by atoms with Gasteiger partial charge in [0.2, 0.25) is 0 Å². The molecule has 0 bridgehead atoms. The summed E-state index contributed by atoms with van der Waals surface area (Å²) in [7, 11) is 2.02. The van der Waals surface area contributed by atoms with Gasteiger partial charge in [0.15, 0.2) is 0 Å². The molecule has 1 amide bonds. The number of carbonyl (C=O) groups is 1. The van der Waals surface area contributed by atoms with E-state index in [9.17, 15) is 14.0 Å². The van der Waals surface area contributed by atoms with Gasteiger partial charge in [-0.25, -0.2) is 9.49 Å². The zero-order valence-electron chi connectivity index (χ0n) is 19.4. The second-order valence-corrected chi connectivity index (χ2v) is 8.97. The highest BCUT2D eigenvalue weighted by atomic mass is 19.1. The number of pyridine rings is 1. The van der Waals surface area contributed by atoms with Crippen LogP contribution in [0.15, 0.2) is 71.7 Å². The molecule has 35 heavy (non-hydrogen) atoms. The van der Waals surface area contributed by atoms with E-state index in [0.717, 1.165) is 23.1 Å². The number of benzene rings is 2. The van der Waals surface area contributed by atoms with Crippen molar-refractivity contribution in [1.82, 2.24) is 25.0 Å². The van der Waals surface area contributed by atoms with Crippen LogP contribution in [0.3, 0.4) is 0 Å². The maximum atomic E-state index is 14.7. The fraction of sp³-hybridized carbons (Fsp3) is 0.259. The molecule has 4 aromatic rings. The van der Waals surface area contributed by atoms with E-state index >= 15 is 0 Å². The Morgan fingerprint density at radius 3 is 2.74 bits per heavy atom. The van der Waals surface area contributed by atoms with Crippen molar-refractivity contribution < 1.29 is 9.18 Å². The smallest absolute Gasteiger partial charge is 0.272 e. The van der Waals surface area contributed by atoms with Crippen molar-refractivity contribution in [1.29, 1.82) is 0 Å². The van der Waals surface area contributed by atoms with Crippen molar-refractivity contribution in [2.75, 3.05) is 20.1 Å². The molecule has 7 nitrogen and oxygen atoms in total. The van der Waals surface area contributed by atoms with Crippen LogP contribution in [0.25, 0.3) is 10.8 Å². The number of amides is 1. The number of halogens is 1. The fourth-order valence-electron chi connectivity index (χ4n) is 4.68. The first kappa shape index (κ1) is 22.9. The van der Waals surface area contributed by atoms with E-state index in [1.807, 2.05) is 37.4 Å². The molecule has 0 saturated carbocycles. The molecular weight excluding hydrogens is 445 g/mol. The Labute approximate surface area is 202 Å². The molecule has 2 aromatic carbocycles. The van der Waals surface area contributed by atoms with Gasteiger partial charge in [0.05, 0.1) is 22.3 Å². The standard InChI is InChI=1S/C27H26FN5O2/c1-32(16-19-6-4-5-12-29-19)20-11-13-33(17-20)27(35)23-14-18(9-10-24(23)28)15-25-21-7-2-3-8-22(21)26(34)31-30-25/h2-10,12,14,20H,11,13,15-17H2,1H3,(H,31,34)/t20-/m0/s1. The lowest BCUT2D eigenvalue weighted by Crippen LogP contribution is -2.36. The number of hydrogen-bond acceptors (Lipinski definition) is 5. The van der Waals surface area contributed by atoms with Gasteiger partial charge in [-0.2, -0.15) is 5.10 Å². The first-order chi connectivity index (χ1) is 17.0. The molecule has 1 atom stereocenters. The molecule has 1 aliphatic rings. The predicted octanol–water partition coefficient (Wildman–Crippen LogP) is 3.39. The summed E-state index contributed by atoms with van der Waals surface area (Å²) in [5.74, 6) is -0.847. The number of likely N-dealkylation sites (N-methyl/N-ethyl adjacent to an activating group) is 1. The van der Waals surface area contributed by atoms with E-state index in [2.05, 4.69) is 20.1 Å². The third kappa shape index (κ3) is 4.83. The monoisotopic (exact) mass is 471 g/mol. The third-order valence-electron chi connectivity index (χ3n) is 6.62. The minimum absolute atomic E-state index is 0.0595. The van der Waals surface area contributed by atoms with Gasteiger partial charge in [0, 0.05) is 43.7 Å². The molecule has 0 aliphatic carbocycles. The summed E-state index contributed by atoms with van der Waals surface area (Å²) < 4.78 is 14.7. The van der Waals surface area contributed by atoms with E-state index in [0.29, 0.717) is 37.1 Å². The SMILES string of the molecule is CN(Cc1ccccn1)[C@H]1CCN(C(=O)c2cc(Cc3n[nH]c(=O)c4ccccc34)ccc2F)C1. The van der Waals surface area contributed by atoms with Crippen molar-refractivity contribution in [3.05, 3.63) is 106 Å². The van der Waals surface area contributed by atoms with Crippen molar-refractivity contribution in [3.8, 4) is 0 Å². The van der Waals surface area contributed by atoms with Gasteiger partial charge in [-0.1, -0.05) is 30.3 Å². The molecule has 5 rings (SSSR count). The highest BCUT2D eigenvalue weighted by Gasteiger charge is 2.30. The van der Waals surface area contributed by atoms with Gasteiger partial charge in [0.25, 0.3) is 11.5 Å². The van der Waals surface area contributed by atoms with Crippen LogP contribution in [-0.4, -0.2) is 57.1 Å². The number of carbonyl (C=O) groups excluding carboxylic acids is 1. The van der Waals surface area contributed by atoms with Gasteiger partial charge >= 0.3 is 0 Å². The van der Waals surface area contributed by atoms with E-state index < -0.39 is 5.82 Å². The molecule has 0 unspecified atom stereocenters. The number of likely N-dealkylation sites (tertiary alicyclic amines) is 1. The topological polar surface area (TPSA) is 82.2 Å². The average molecular weight is 472 g/mol. The van der Waals surface area contributed by atoms with Crippen LogP contribution in [0.5, 0.6) is 0 Å². The molecule has 3 heterocycles. The first-order valence-corrected chi connectivity index (χ1v) is 11.6. The molecule has 1 N–H and O–H groups in total. The number of rotatable bonds is 6. The van der Waals surface area contributed by atoms with Crippen molar-refractivity contribution in [2.24, 2.45) is 0 Å². The van der Waals surface area contributed by atoms with E-state index in [-0.39, 0.29) is 23.1 Å². The average Bonchev–Trinajstić information content (AvgIpc) is 3.38. The lowest BCUT2D eigenvalue weighted by atomic mass is 10.0. The predicted molar refractivity (Wildman–Crippen MR) is 132 cm³/mol. The minimum Gasteiger partial charge on any atom is -0.337 e. The number of H-pyrrole nitrogens is 1. The van der Waals surface area contributed by atoms with Gasteiger partial charge in [-0.3, -0.25) is 19.5 Å². The van der Waals surface area contributed by atoms with Crippen LogP contribution in [-0.2, 0) is 13.0 Å². The van der Waals surface area contributed by atoms with Crippen molar-refractivity contribution >= 4 is 16.7 Å². The molecule has 0 radical (unpaired) electrons. The summed E-state index contributed by atoms with van der Waals surface area (Å²) in [4.78, 5) is 33.6. The van der Waals surface area contributed by atoms with Gasteiger partial charge in [-0.15, -0.1) is 0 Å². The number of aromatic amines is 1. The van der Waals surface area contributed by atoms with Crippen LogP contribution in [0.2, 0.25) is 0 Å². The van der Waals surface area contributed by atoms with Crippen molar-refractivity contribution in [2.45, 2.75) is 25.4 Å². The minimum atomic E-state index is -0.539. The zero-order valence-corrected chi connectivity index (χ0v) is 19.4. The number of nitrogens with one attached hydrogen (secondary N) is 1. The molecule has 1 aliphatic heterocycles. The summed E-state index contributed by atoms with van der Waals surface area (Å²) in [5, 5.41) is 8.02. The van der Waals surface area contributed by atoms with Crippen LogP contribution >= 0.6 is 0 Å². The normalized spacial score (nSPS) is 15.7. The maximum Gasteiger partial charge on any atom is 0.272 e. The lowest BCUT2D eigenvalue weighted by molar-refractivity contribution is 0.0774. The Morgan fingerprint density at radius 1 is 1.14 bits per heavy atom. The second-order valence-electron chi connectivity index (χ2n) is 8.97. The molecule has 178 valence electrons. The summed E-state index contributed by atoms with van der Waals surface area (Å²) in [6.07, 6.45) is 2.96. The van der Waals surface area contributed by atoms with Crippen molar-refractivity contribution in [3.63, 3.8) is 0 Å². The highest BCUT2D eigenvalue weighted by molar-refractivity contribution is 5.95. The quantitative estimate of drug-likeness (QED) is 0.466. The van der Waals surface area contributed by atoms with Crippen LogP contribution in [0.1, 0.15) is 33.7 Å². The Hall–Kier alpha value is -3.91. The molecule has 2 aromatic heterocycles. The van der Waals surface area contributed by atoms with E-state index in [1.54, 1.807) is 35.4 Å². The zero-order chi connectivity index (χ0) is 24.4. The van der Waals surface area contributed by atoms with Gasteiger partial charge < -0.3 is 4.90 Å².